The Morgan fingerprint density at radius 2 is 1.76 bits per heavy atom. The van der Waals surface area contributed by atoms with Crippen LogP contribution in [0.2, 0.25) is 0 Å². The van der Waals surface area contributed by atoms with E-state index in [9.17, 15) is 10.2 Å². The molecule has 4 nitrogen and oxygen atoms in total. The molecular formula is C25H40O4. The second-order valence-corrected chi connectivity index (χ2v) is 10.4. The molecule has 4 aliphatic rings. The van der Waals surface area contributed by atoms with Gasteiger partial charge >= 0.3 is 0 Å². The van der Waals surface area contributed by atoms with E-state index < -0.39 is 18.0 Å². The van der Waals surface area contributed by atoms with Crippen LogP contribution in [0, 0.1) is 46.8 Å². The molecule has 29 heavy (non-hydrogen) atoms. The SMILES string of the molecule is CC[C@]12CC[C@@H](O)[C@H](C#C[C@@H](O)C3CCCCC3)[C@H]1C(CC(C)C)C21OCCO1. The van der Waals surface area contributed by atoms with Gasteiger partial charge in [0.1, 0.15) is 6.10 Å². The first kappa shape index (κ1) is 21.6. The second kappa shape index (κ2) is 8.50. The smallest absolute Gasteiger partial charge is 0.177 e. The van der Waals surface area contributed by atoms with Crippen LogP contribution in [0.5, 0.6) is 0 Å². The van der Waals surface area contributed by atoms with Crippen LogP contribution in [-0.2, 0) is 9.47 Å². The molecule has 1 aliphatic heterocycles. The highest BCUT2D eigenvalue weighted by molar-refractivity contribution is 5.25. The van der Waals surface area contributed by atoms with E-state index in [0.717, 1.165) is 38.5 Å². The molecule has 1 spiro atoms. The first-order valence-corrected chi connectivity index (χ1v) is 12.1. The van der Waals surface area contributed by atoms with Crippen molar-refractivity contribution in [2.45, 2.75) is 96.6 Å². The highest BCUT2D eigenvalue weighted by Crippen LogP contribution is 2.72. The normalized spacial score (nSPS) is 40.2. The maximum Gasteiger partial charge on any atom is 0.177 e. The molecular weight excluding hydrogens is 364 g/mol. The summed E-state index contributed by atoms with van der Waals surface area (Å²) >= 11 is 0. The number of hydrogen-bond donors (Lipinski definition) is 2. The minimum atomic E-state index is -0.558. The number of fused-ring (bicyclic) bond motifs is 2. The fourth-order valence-electron chi connectivity index (χ4n) is 7.22. The highest BCUT2D eigenvalue weighted by Gasteiger charge is 2.76. The number of aliphatic hydroxyl groups is 2. The largest absolute Gasteiger partial charge is 0.392 e. The molecule has 2 N–H and O–H groups in total. The summed E-state index contributed by atoms with van der Waals surface area (Å²) in [7, 11) is 0. The summed E-state index contributed by atoms with van der Waals surface area (Å²) in [6.45, 7) is 8.08. The molecule has 0 aromatic rings. The first-order chi connectivity index (χ1) is 13.9. The van der Waals surface area contributed by atoms with Gasteiger partial charge < -0.3 is 19.7 Å². The van der Waals surface area contributed by atoms with Crippen molar-refractivity contribution in [3.63, 3.8) is 0 Å². The van der Waals surface area contributed by atoms with Crippen molar-refractivity contribution in [2.75, 3.05) is 13.2 Å². The van der Waals surface area contributed by atoms with Crippen LogP contribution in [0.3, 0.4) is 0 Å². The van der Waals surface area contributed by atoms with Gasteiger partial charge in [0.15, 0.2) is 5.79 Å². The van der Waals surface area contributed by atoms with E-state index >= 15 is 0 Å². The molecule has 4 fully saturated rings. The maximum atomic E-state index is 10.9. The third kappa shape index (κ3) is 3.47. The van der Waals surface area contributed by atoms with E-state index in [1.807, 2.05) is 0 Å². The number of aliphatic hydroxyl groups excluding tert-OH is 2. The van der Waals surface area contributed by atoms with Gasteiger partial charge in [0.2, 0.25) is 0 Å². The van der Waals surface area contributed by atoms with Crippen molar-refractivity contribution in [3.05, 3.63) is 0 Å². The number of hydrogen-bond acceptors (Lipinski definition) is 4. The van der Waals surface area contributed by atoms with Crippen molar-refractivity contribution < 1.29 is 19.7 Å². The lowest BCUT2D eigenvalue weighted by molar-refractivity contribution is -0.393. The summed E-state index contributed by atoms with van der Waals surface area (Å²) < 4.78 is 12.7. The third-order valence-electron chi connectivity index (χ3n) is 8.51. The second-order valence-electron chi connectivity index (χ2n) is 10.4. The zero-order valence-corrected chi connectivity index (χ0v) is 18.5. The number of rotatable bonds is 4. The molecule has 0 radical (unpaired) electrons. The van der Waals surface area contributed by atoms with Crippen LogP contribution < -0.4 is 0 Å². The molecule has 164 valence electrons. The lowest BCUT2D eigenvalue weighted by Crippen LogP contribution is -2.75. The molecule has 3 saturated carbocycles. The Morgan fingerprint density at radius 3 is 2.38 bits per heavy atom. The zero-order valence-electron chi connectivity index (χ0n) is 18.5. The molecule has 1 heterocycles. The third-order valence-corrected chi connectivity index (χ3v) is 8.51. The van der Waals surface area contributed by atoms with E-state index in [-0.39, 0.29) is 23.2 Å². The fraction of sp³-hybridized carbons (Fsp3) is 0.920. The van der Waals surface area contributed by atoms with Gasteiger partial charge in [0, 0.05) is 11.3 Å². The van der Waals surface area contributed by atoms with Gasteiger partial charge in [0.05, 0.1) is 25.2 Å². The van der Waals surface area contributed by atoms with Crippen molar-refractivity contribution in [1.82, 2.24) is 0 Å². The van der Waals surface area contributed by atoms with E-state index in [1.54, 1.807) is 0 Å². The Hall–Kier alpha value is -0.600. The summed E-state index contributed by atoms with van der Waals surface area (Å²) in [6, 6.07) is 0. The van der Waals surface area contributed by atoms with Crippen molar-refractivity contribution in [2.24, 2.45) is 35.0 Å². The number of ether oxygens (including phenoxy) is 2. The summed E-state index contributed by atoms with van der Waals surface area (Å²) in [5.74, 6) is 7.41. The molecule has 4 rings (SSSR count). The van der Waals surface area contributed by atoms with Crippen LogP contribution >= 0.6 is 0 Å². The lowest BCUT2D eigenvalue weighted by Gasteiger charge is -2.70. The Bertz CT molecular complexity index is 622. The predicted molar refractivity (Wildman–Crippen MR) is 113 cm³/mol. The summed E-state index contributed by atoms with van der Waals surface area (Å²) in [6.07, 6.45) is 8.55. The summed E-state index contributed by atoms with van der Waals surface area (Å²) in [5, 5.41) is 21.6. The molecule has 0 amide bonds. The van der Waals surface area contributed by atoms with Gasteiger partial charge in [-0.1, -0.05) is 51.9 Å². The van der Waals surface area contributed by atoms with E-state index in [0.29, 0.717) is 25.0 Å². The standard InChI is InChI=1S/C25H40O4/c1-4-24-13-12-22(27)19(10-11-21(26)18-8-6-5-7-9-18)23(24)20(16-17(2)3)25(24)28-14-15-29-25/h17-23,26-27H,4-9,12-16H2,1-3H3/t19-,20?,21+,22+,23-,24-/m0/s1. The fourth-order valence-corrected chi connectivity index (χ4v) is 7.22. The minimum absolute atomic E-state index is 0.0581. The molecule has 0 bridgehead atoms. The van der Waals surface area contributed by atoms with Gasteiger partial charge in [-0.15, -0.1) is 0 Å². The highest BCUT2D eigenvalue weighted by atomic mass is 16.7. The van der Waals surface area contributed by atoms with E-state index in [2.05, 4.69) is 32.6 Å². The first-order valence-electron chi connectivity index (χ1n) is 12.1. The molecule has 4 heteroatoms. The predicted octanol–water partition coefficient (Wildman–Crippen LogP) is 4.13. The molecule has 3 aliphatic carbocycles. The van der Waals surface area contributed by atoms with E-state index in [4.69, 9.17) is 9.47 Å². The van der Waals surface area contributed by atoms with Crippen molar-refractivity contribution >= 4 is 0 Å². The monoisotopic (exact) mass is 404 g/mol. The van der Waals surface area contributed by atoms with Gasteiger partial charge in [-0.05, 0) is 56.3 Å². The summed E-state index contributed by atoms with van der Waals surface area (Å²) in [4.78, 5) is 0. The zero-order chi connectivity index (χ0) is 20.6. The average Bonchev–Trinajstić information content (AvgIpc) is 3.24. The molecule has 1 unspecified atom stereocenters. The molecule has 6 atom stereocenters. The van der Waals surface area contributed by atoms with Gasteiger partial charge in [-0.2, -0.15) is 0 Å². The van der Waals surface area contributed by atoms with Crippen LogP contribution in [0.25, 0.3) is 0 Å². The van der Waals surface area contributed by atoms with Crippen LogP contribution in [0.1, 0.15) is 78.6 Å². The molecule has 0 aromatic heterocycles. The van der Waals surface area contributed by atoms with E-state index in [1.165, 1.54) is 19.3 Å². The average molecular weight is 405 g/mol. The van der Waals surface area contributed by atoms with Crippen molar-refractivity contribution in [1.29, 1.82) is 0 Å². The van der Waals surface area contributed by atoms with Crippen LogP contribution in [0.15, 0.2) is 0 Å². The Balaban J connectivity index is 1.61. The van der Waals surface area contributed by atoms with Gasteiger partial charge in [0.25, 0.3) is 0 Å². The van der Waals surface area contributed by atoms with Crippen molar-refractivity contribution in [3.8, 4) is 11.8 Å². The Morgan fingerprint density at radius 1 is 1.07 bits per heavy atom. The maximum absolute atomic E-state index is 10.9. The van der Waals surface area contributed by atoms with Crippen LogP contribution in [-0.4, -0.2) is 41.4 Å². The van der Waals surface area contributed by atoms with Gasteiger partial charge in [-0.3, -0.25) is 0 Å². The lowest BCUT2D eigenvalue weighted by atomic mass is 9.39. The topological polar surface area (TPSA) is 58.9 Å². The van der Waals surface area contributed by atoms with Crippen LogP contribution in [0.4, 0.5) is 0 Å². The Kier molecular flexibility index (Phi) is 6.34. The minimum Gasteiger partial charge on any atom is -0.392 e. The summed E-state index contributed by atoms with van der Waals surface area (Å²) in [5.41, 5.74) is -0.0581. The van der Waals surface area contributed by atoms with Gasteiger partial charge in [-0.25, -0.2) is 0 Å². The Labute approximate surface area is 176 Å². The molecule has 1 saturated heterocycles. The quantitative estimate of drug-likeness (QED) is 0.692. The molecule has 0 aromatic carbocycles.